The Morgan fingerprint density at radius 2 is 1.02 bits per heavy atom. The van der Waals surface area contributed by atoms with Gasteiger partial charge in [0.1, 0.15) is 11.2 Å². The van der Waals surface area contributed by atoms with Crippen LogP contribution in [0.15, 0.2) is 196 Å². The number of hydrogen-bond acceptors (Lipinski definition) is 7. The number of nitrogens with zero attached hydrogens (tertiary/aromatic N) is 6. The third-order valence-electron chi connectivity index (χ3n) is 9.88. The standard InChI is InChI=1S/C50H30N6OS/c1-51-39-17-11-16-36(28-39)32-20-22-35(23-21-32)49-54-48(34-14-7-3-8-15-34)55-50(56-49)38-24-26-41-42-29-37(25-27-43(42)57-44(41)30-38)47-52-31-45(58-40-18-9-4-10-19-40)46(53-47)33-12-5-2-6-13-33/h2-31H. The van der Waals surface area contributed by atoms with E-state index < -0.39 is 0 Å². The Labute approximate surface area is 338 Å². The van der Waals surface area contributed by atoms with Crippen molar-refractivity contribution in [2.75, 3.05) is 0 Å². The second-order valence-corrected chi connectivity index (χ2v) is 14.7. The van der Waals surface area contributed by atoms with Crippen LogP contribution in [0.1, 0.15) is 0 Å². The van der Waals surface area contributed by atoms with Gasteiger partial charge in [-0.1, -0.05) is 139 Å². The van der Waals surface area contributed by atoms with Gasteiger partial charge >= 0.3 is 0 Å². The summed E-state index contributed by atoms with van der Waals surface area (Å²) in [4.78, 5) is 30.5. The first-order valence-corrected chi connectivity index (χ1v) is 19.5. The molecule has 0 fully saturated rings. The first-order valence-electron chi connectivity index (χ1n) is 18.7. The first-order chi connectivity index (χ1) is 28.6. The summed E-state index contributed by atoms with van der Waals surface area (Å²) in [6.45, 7) is 7.40. The molecule has 272 valence electrons. The minimum absolute atomic E-state index is 0.538. The SMILES string of the molecule is [C-]#[N+]c1cccc(-c2ccc(-c3nc(-c4ccccc4)nc(-c4ccc5c(c4)oc4ccc(-c6ncc(Sc7ccccc7)c(-c7ccccc7)n6)cc45)n3)cc2)c1. The quantitative estimate of drug-likeness (QED) is 0.143. The lowest BCUT2D eigenvalue weighted by Gasteiger charge is -2.11. The van der Waals surface area contributed by atoms with Crippen LogP contribution in [0.3, 0.4) is 0 Å². The van der Waals surface area contributed by atoms with E-state index in [-0.39, 0.29) is 0 Å². The molecule has 0 N–H and O–H groups in total. The van der Waals surface area contributed by atoms with Gasteiger partial charge in [-0.2, -0.15) is 0 Å². The number of fused-ring (bicyclic) bond motifs is 3. The molecule has 0 aliphatic rings. The molecule has 3 aromatic heterocycles. The monoisotopic (exact) mass is 762 g/mol. The molecular weight excluding hydrogens is 733 g/mol. The van der Waals surface area contributed by atoms with Crippen molar-refractivity contribution in [2.24, 2.45) is 0 Å². The van der Waals surface area contributed by atoms with Gasteiger partial charge in [-0.3, -0.25) is 0 Å². The van der Waals surface area contributed by atoms with E-state index in [4.69, 9.17) is 35.9 Å². The predicted molar refractivity (Wildman–Crippen MR) is 232 cm³/mol. The van der Waals surface area contributed by atoms with Gasteiger partial charge in [0.05, 0.1) is 17.2 Å². The second kappa shape index (κ2) is 15.1. The summed E-state index contributed by atoms with van der Waals surface area (Å²) in [5, 5.41) is 1.94. The van der Waals surface area contributed by atoms with Crippen molar-refractivity contribution in [2.45, 2.75) is 9.79 Å². The molecule has 0 spiro atoms. The number of furan rings is 1. The van der Waals surface area contributed by atoms with Crippen LogP contribution in [0.5, 0.6) is 0 Å². The smallest absolute Gasteiger partial charge is 0.187 e. The second-order valence-electron chi connectivity index (χ2n) is 13.6. The average molecular weight is 763 g/mol. The Kier molecular flexibility index (Phi) is 9.03. The molecule has 0 amide bonds. The van der Waals surface area contributed by atoms with Gasteiger partial charge < -0.3 is 4.42 Å². The molecule has 7 aromatic carbocycles. The maximum absolute atomic E-state index is 7.40. The molecule has 0 bridgehead atoms. The number of aromatic nitrogens is 5. The third-order valence-corrected chi connectivity index (χ3v) is 10.9. The first kappa shape index (κ1) is 34.7. The van der Waals surface area contributed by atoms with E-state index >= 15 is 0 Å². The van der Waals surface area contributed by atoms with Crippen LogP contribution in [0.25, 0.3) is 94.7 Å². The lowest BCUT2D eigenvalue weighted by atomic mass is 10.0. The average Bonchev–Trinajstić information content (AvgIpc) is 3.67. The van der Waals surface area contributed by atoms with E-state index in [0.29, 0.717) is 29.0 Å². The Morgan fingerprint density at radius 3 is 1.74 bits per heavy atom. The maximum atomic E-state index is 7.40. The van der Waals surface area contributed by atoms with Gasteiger partial charge in [0.15, 0.2) is 29.0 Å². The van der Waals surface area contributed by atoms with Crippen LogP contribution in [0.2, 0.25) is 0 Å². The third kappa shape index (κ3) is 6.87. The maximum Gasteiger partial charge on any atom is 0.187 e. The number of rotatable bonds is 8. The Hall–Kier alpha value is -7.73. The molecule has 8 heteroatoms. The molecule has 0 unspecified atom stereocenters. The van der Waals surface area contributed by atoms with Crippen LogP contribution in [0, 0.1) is 6.57 Å². The Morgan fingerprint density at radius 1 is 0.431 bits per heavy atom. The number of hydrogen-bond donors (Lipinski definition) is 0. The predicted octanol–water partition coefficient (Wildman–Crippen LogP) is 13.3. The van der Waals surface area contributed by atoms with E-state index in [1.165, 1.54) is 0 Å². The Balaban J connectivity index is 1.02. The minimum atomic E-state index is 0.538. The molecule has 0 atom stereocenters. The van der Waals surface area contributed by atoms with E-state index in [1.807, 2.05) is 146 Å². The summed E-state index contributed by atoms with van der Waals surface area (Å²) in [5.74, 6) is 2.31. The molecule has 58 heavy (non-hydrogen) atoms. The minimum Gasteiger partial charge on any atom is -0.456 e. The highest BCUT2D eigenvalue weighted by atomic mass is 32.2. The van der Waals surface area contributed by atoms with Crippen molar-refractivity contribution in [1.82, 2.24) is 24.9 Å². The summed E-state index contributed by atoms with van der Waals surface area (Å²) >= 11 is 1.66. The molecule has 0 radical (unpaired) electrons. The fourth-order valence-electron chi connectivity index (χ4n) is 6.98. The highest BCUT2D eigenvalue weighted by molar-refractivity contribution is 7.99. The van der Waals surface area contributed by atoms with Crippen molar-refractivity contribution >= 4 is 39.4 Å². The topological polar surface area (TPSA) is 82.0 Å². The van der Waals surface area contributed by atoms with Crippen molar-refractivity contribution in [3.63, 3.8) is 0 Å². The van der Waals surface area contributed by atoms with Crippen molar-refractivity contribution in [3.05, 3.63) is 194 Å². The van der Waals surface area contributed by atoms with Crippen LogP contribution >= 0.6 is 11.8 Å². The highest BCUT2D eigenvalue weighted by Crippen LogP contribution is 2.38. The van der Waals surface area contributed by atoms with Crippen LogP contribution in [-0.2, 0) is 0 Å². The molecule has 0 aliphatic heterocycles. The van der Waals surface area contributed by atoms with Crippen molar-refractivity contribution in [1.29, 1.82) is 0 Å². The van der Waals surface area contributed by atoms with Crippen molar-refractivity contribution < 1.29 is 4.42 Å². The zero-order chi connectivity index (χ0) is 38.8. The highest BCUT2D eigenvalue weighted by Gasteiger charge is 2.17. The van der Waals surface area contributed by atoms with Gasteiger partial charge in [0.2, 0.25) is 0 Å². The van der Waals surface area contributed by atoms with Crippen molar-refractivity contribution in [3.8, 4) is 67.9 Å². The summed E-state index contributed by atoms with van der Waals surface area (Å²) in [6.07, 6.45) is 1.92. The molecule has 0 aliphatic carbocycles. The van der Waals surface area contributed by atoms with Crippen LogP contribution in [0.4, 0.5) is 5.69 Å². The van der Waals surface area contributed by atoms with Crippen LogP contribution < -0.4 is 0 Å². The number of benzene rings is 7. The summed E-state index contributed by atoms with van der Waals surface area (Å²) in [5.41, 5.74) is 9.44. The summed E-state index contributed by atoms with van der Waals surface area (Å²) < 4.78 is 6.45. The van der Waals surface area contributed by atoms with Crippen LogP contribution in [-0.4, -0.2) is 24.9 Å². The lowest BCUT2D eigenvalue weighted by molar-refractivity contribution is 0.669. The molecule has 10 rings (SSSR count). The zero-order valence-electron chi connectivity index (χ0n) is 30.8. The fraction of sp³-hybridized carbons (Fsp3) is 0. The lowest BCUT2D eigenvalue weighted by Crippen LogP contribution is -2.00. The van der Waals surface area contributed by atoms with E-state index in [0.717, 1.165) is 76.4 Å². The molecule has 0 saturated carbocycles. The van der Waals surface area contributed by atoms with Gasteiger partial charge in [-0.05, 0) is 59.7 Å². The van der Waals surface area contributed by atoms with Gasteiger partial charge in [0.25, 0.3) is 0 Å². The zero-order valence-corrected chi connectivity index (χ0v) is 31.6. The largest absolute Gasteiger partial charge is 0.456 e. The summed E-state index contributed by atoms with van der Waals surface area (Å²) in [6, 6.07) is 58.3. The Bertz CT molecular complexity index is 3140. The van der Waals surface area contributed by atoms with E-state index in [9.17, 15) is 0 Å². The normalized spacial score (nSPS) is 11.2. The molecule has 3 heterocycles. The van der Waals surface area contributed by atoms with Gasteiger partial charge in [-0.25, -0.2) is 29.8 Å². The molecular formula is C50H30N6OS. The molecule has 10 aromatic rings. The van der Waals surface area contributed by atoms with E-state index in [2.05, 4.69) is 41.2 Å². The van der Waals surface area contributed by atoms with Gasteiger partial charge in [-0.15, -0.1) is 0 Å². The van der Waals surface area contributed by atoms with Gasteiger partial charge in [0, 0.05) is 49.7 Å². The van der Waals surface area contributed by atoms with E-state index in [1.54, 1.807) is 11.8 Å². The molecule has 7 nitrogen and oxygen atoms in total. The summed E-state index contributed by atoms with van der Waals surface area (Å²) in [7, 11) is 0. The fourth-order valence-corrected chi connectivity index (χ4v) is 7.89. The molecule has 0 saturated heterocycles.